The summed E-state index contributed by atoms with van der Waals surface area (Å²) in [5.74, 6) is 0. The van der Waals surface area contributed by atoms with Gasteiger partial charge in [-0.05, 0) is 6.42 Å². The molecule has 0 unspecified atom stereocenters. The van der Waals surface area contributed by atoms with Crippen LogP contribution in [0.4, 0.5) is 5.13 Å². The maximum Gasteiger partial charge on any atom is 0.203 e. The van der Waals surface area contributed by atoms with Crippen molar-refractivity contribution in [2.75, 3.05) is 25.6 Å². The van der Waals surface area contributed by atoms with E-state index in [4.69, 9.17) is 15.2 Å². The monoisotopic (exact) mass is 217 g/mol. The first-order chi connectivity index (χ1) is 6.83. The van der Waals surface area contributed by atoms with Crippen LogP contribution >= 0.6 is 11.3 Å². The second-order valence-electron chi connectivity index (χ2n) is 2.70. The lowest BCUT2D eigenvalue weighted by atomic mass is 10.5. The Bertz CT molecular complexity index is 254. The Morgan fingerprint density at radius 2 is 2.00 bits per heavy atom. The number of hydrogen-bond donors (Lipinski definition) is 1. The van der Waals surface area contributed by atoms with Crippen LogP contribution in [0.25, 0.3) is 0 Å². The van der Waals surface area contributed by atoms with E-state index in [1.165, 1.54) is 11.3 Å². The van der Waals surface area contributed by atoms with Crippen molar-refractivity contribution in [3.8, 4) is 0 Å². The summed E-state index contributed by atoms with van der Waals surface area (Å²) in [7, 11) is 0. The van der Waals surface area contributed by atoms with Gasteiger partial charge in [0.2, 0.25) is 5.13 Å². The lowest BCUT2D eigenvalue weighted by molar-refractivity contribution is 0.0406. The van der Waals surface area contributed by atoms with Gasteiger partial charge in [-0.1, -0.05) is 18.3 Å². The number of nitrogens with two attached hydrogens (primary N) is 1. The molecular weight excluding hydrogens is 202 g/mol. The summed E-state index contributed by atoms with van der Waals surface area (Å²) in [6.45, 7) is 4.53. The maximum atomic E-state index is 5.41. The average Bonchev–Trinajstić information content (AvgIpc) is 2.58. The molecule has 0 saturated carbocycles. The Kier molecular flexibility index (Phi) is 5.43. The van der Waals surface area contributed by atoms with Crippen LogP contribution < -0.4 is 5.73 Å². The molecule has 0 aliphatic heterocycles. The van der Waals surface area contributed by atoms with Crippen LogP contribution in [-0.4, -0.2) is 30.0 Å². The van der Waals surface area contributed by atoms with E-state index in [1.807, 2.05) is 0 Å². The molecule has 80 valence electrons. The lowest BCUT2D eigenvalue weighted by Gasteiger charge is -2.02. The molecule has 0 aromatic carbocycles. The van der Waals surface area contributed by atoms with E-state index < -0.39 is 0 Å². The first-order valence-corrected chi connectivity index (χ1v) is 5.38. The number of rotatable bonds is 7. The molecule has 0 atom stereocenters. The smallest absolute Gasteiger partial charge is 0.203 e. The van der Waals surface area contributed by atoms with Gasteiger partial charge in [0.1, 0.15) is 11.6 Å². The van der Waals surface area contributed by atoms with Gasteiger partial charge >= 0.3 is 0 Å². The van der Waals surface area contributed by atoms with Gasteiger partial charge in [-0.15, -0.1) is 10.2 Å². The highest BCUT2D eigenvalue weighted by Gasteiger charge is 1.99. The molecule has 5 nitrogen and oxygen atoms in total. The summed E-state index contributed by atoms with van der Waals surface area (Å²) in [6, 6.07) is 0. The van der Waals surface area contributed by atoms with Crippen LogP contribution in [0.3, 0.4) is 0 Å². The molecule has 6 heteroatoms. The highest BCUT2D eigenvalue weighted by Crippen LogP contribution is 2.11. The van der Waals surface area contributed by atoms with Gasteiger partial charge in [-0.3, -0.25) is 0 Å². The topological polar surface area (TPSA) is 70.3 Å². The third kappa shape index (κ3) is 4.50. The Balaban J connectivity index is 1.99. The van der Waals surface area contributed by atoms with Gasteiger partial charge in [0.25, 0.3) is 0 Å². The van der Waals surface area contributed by atoms with Crippen molar-refractivity contribution in [2.45, 2.75) is 20.0 Å². The van der Waals surface area contributed by atoms with Crippen LogP contribution in [0, 0.1) is 0 Å². The molecule has 1 aromatic rings. The first kappa shape index (κ1) is 11.4. The highest BCUT2D eigenvalue weighted by molar-refractivity contribution is 7.15. The second-order valence-corrected chi connectivity index (χ2v) is 3.79. The van der Waals surface area contributed by atoms with Crippen LogP contribution in [-0.2, 0) is 16.1 Å². The van der Waals surface area contributed by atoms with E-state index in [0.29, 0.717) is 25.0 Å². The van der Waals surface area contributed by atoms with Gasteiger partial charge in [-0.25, -0.2) is 0 Å². The summed E-state index contributed by atoms with van der Waals surface area (Å²) in [5, 5.41) is 8.79. The minimum Gasteiger partial charge on any atom is -0.379 e. The summed E-state index contributed by atoms with van der Waals surface area (Å²) < 4.78 is 10.6. The number of aromatic nitrogens is 2. The molecule has 0 bridgehead atoms. The third-order valence-corrected chi connectivity index (χ3v) is 2.15. The Morgan fingerprint density at radius 3 is 2.64 bits per heavy atom. The zero-order valence-electron chi connectivity index (χ0n) is 8.23. The maximum absolute atomic E-state index is 5.41. The number of ether oxygens (including phenoxy) is 2. The molecule has 2 N–H and O–H groups in total. The van der Waals surface area contributed by atoms with Crippen LogP contribution in [0.15, 0.2) is 0 Å². The molecule has 0 aliphatic carbocycles. The highest BCUT2D eigenvalue weighted by atomic mass is 32.1. The van der Waals surface area contributed by atoms with Crippen molar-refractivity contribution in [3.05, 3.63) is 5.01 Å². The zero-order valence-corrected chi connectivity index (χ0v) is 9.05. The molecule has 1 rings (SSSR count). The average molecular weight is 217 g/mol. The molecule has 1 heterocycles. The van der Waals surface area contributed by atoms with Crippen molar-refractivity contribution >= 4 is 16.5 Å². The predicted octanol–water partition coefficient (Wildman–Crippen LogP) is 1.06. The molecule has 1 aromatic heterocycles. The van der Waals surface area contributed by atoms with E-state index in [2.05, 4.69) is 17.1 Å². The summed E-state index contributed by atoms with van der Waals surface area (Å²) in [6.07, 6.45) is 1.03. The number of anilines is 1. The lowest BCUT2D eigenvalue weighted by Crippen LogP contribution is -2.04. The van der Waals surface area contributed by atoms with E-state index in [9.17, 15) is 0 Å². The van der Waals surface area contributed by atoms with Crippen molar-refractivity contribution < 1.29 is 9.47 Å². The van der Waals surface area contributed by atoms with E-state index in [1.54, 1.807) is 0 Å². The third-order valence-electron chi connectivity index (χ3n) is 1.43. The minimum absolute atomic E-state index is 0.463. The van der Waals surface area contributed by atoms with Crippen LogP contribution in [0.2, 0.25) is 0 Å². The fraction of sp³-hybridized carbons (Fsp3) is 0.750. The molecular formula is C8H15N3O2S. The summed E-state index contributed by atoms with van der Waals surface area (Å²) in [4.78, 5) is 0. The molecule has 14 heavy (non-hydrogen) atoms. The number of nitrogen functional groups attached to an aromatic ring is 1. The van der Waals surface area contributed by atoms with Crippen LogP contribution in [0.5, 0.6) is 0 Å². The molecule has 0 aliphatic rings. The first-order valence-electron chi connectivity index (χ1n) is 4.56. The molecule has 0 spiro atoms. The summed E-state index contributed by atoms with van der Waals surface area (Å²) >= 11 is 1.35. The Labute approximate surface area is 87.2 Å². The minimum atomic E-state index is 0.463. The van der Waals surface area contributed by atoms with Gasteiger partial charge in [0.05, 0.1) is 13.2 Å². The number of hydrogen-bond acceptors (Lipinski definition) is 6. The molecule has 0 radical (unpaired) electrons. The van der Waals surface area contributed by atoms with Gasteiger partial charge in [-0.2, -0.15) is 0 Å². The summed E-state index contributed by atoms with van der Waals surface area (Å²) in [5.41, 5.74) is 5.41. The van der Waals surface area contributed by atoms with Crippen molar-refractivity contribution in [1.29, 1.82) is 0 Å². The largest absolute Gasteiger partial charge is 0.379 e. The number of nitrogens with zero attached hydrogens (tertiary/aromatic N) is 2. The predicted molar refractivity (Wildman–Crippen MR) is 55.1 cm³/mol. The van der Waals surface area contributed by atoms with Crippen LogP contribution in [0.1, 0.15) is 18.4 Å². The zero-order chi connectivity index (χ0) is 10.2. The quantitative estimate of drug-likeness (QED) is 0.692. The Hall–Kier alpha value is -0.720. The molecule has 0 saturated heterocycles. The fourth-order valence-electron chi connectivity index (χ4n) is 0.849. The van der Waals surface area contributed by atoms with E-state index >= 15 is 0 Å². The van der Waals surface area contributed by atoms with E-state index in [-0.39, 0.29) is 0 Å². The SMILES string of the molecule is CCCOCCOCc1nnc(N)s1. The standard InChI is InChI=1S/C8H15N3O2S/c1-2-3-12-4-5-13-6-7-10-11-8(9)14-7/h2-6H2,1H3,(H2,9,11). The van der Waals surface area contributed by atoms with Crippen molar-refractivity contribution in [2.24, 2.45) is 0 Å². The molecule has 0 amide bonds. The normalized spacial score (nSPS) is 10.6. The second kappa shape index (κ2) is 6.69. The van der Waals surface area contributed by atoms with Crippen molar-refractivity contribution in [1.82, 2.24) is 10.2 Å². The van der Waals surface area contributed by atoms with Gasteiger partial charge < -0.3 is 15.2 Å². The van der Waals surface area contributed by atoms with Crippen molar-refractivity contribution in [3.63, 3.8) is 0 Å². The van der Waals surface area contributed by atoms with E-state index in [0.717, 1.165) is 18.0 Å². The van der Waals surface area contributed by atoms with Gasteiger partial charge in [0, 0.05) is 6.61 Å². The van der Waals surface area contributed by atoms with Gasteiger partial charge in [0.15, 0.2) is 0 Å². The fourth-order valence-corrected chi connectivity index (χ4v) is 1.40. The molecule has 0 fully saturated rings. The Morgan fingerprint density at radius 1 is 1.21 bits per heavy atom.